The van der Waals surface area contributed by atoms with E-state index < -0.39 is 0 Å². The van der Waals surface area contributed by atoms with Crippen LogP contribution in [0.4, 0.5) is 5.69 Å². The van der Waals surface area contributed by atoms with Crippen molar-refractivity contribution in [3.8, 4) is 5.75 Å². The molecule has 0 saturated carbocycles. The molecule has 1 aliphatic rings. The van der Waals surface area contributed by atoms with Crippen LogP contribution in [0, 0.1) is 0 Å². The van der Waals surface area contributed by atoms with Crippen LogP contribution in [0.25, 0.3) is 0 Å². The summed E-state index contributed by atoms with van der Waals surface area (Å²) in [6.07, 6.45) is 5.01. The Kier molecular flexibility index (Phi) is 3.09. The predicted molar refractivity (Wildman–Crippen MR) is 74.9 cm³/mol. The van der Waals surface area contributed by atoms with E-state index in [1.54, 1.807) is 18.5 Å². The number of hydrogen-bond donors (Lipinski definition) is 2. The Hall–Kier alpha value is -2.07. The fraction of sp³-hybridized carbons (Fsp3) is 0.267. The molecule has 0 aliphatic carbocycles. The number of rotatable bonds is 3. The Balaban J connectivity index is 1.70. The van der Waals surface area contributed by atoms with Gasteiger partial charge >= 0.3 is 0 Å². The van der Waals surface area contributed by atoms with Crippen molar-refractivity contribution in [2.75, 3.05) is 5.73 Å². The molecule has 3 rings (SSSR count). The first-order valence-electron chi connectivity index (χ1n) is 6.42. The van der Waals surface area contributed by atoms with Crippen LogP contribution in [-0.4, -0.2) is 17.1 Å². The van der Waals surface area contributed by atoms with E-state index in [1.807, 2.05) is 18.2 Å². The zero-order valence-electron chi connectivity index (χ0n) is 10.6. The molecule has 19 heavy (non-hydrogen) atoms. The molecule has 98 valence electrons. The van der Waals surface area contributed by atoms with Crippen molar-refractivity contribution < 1.29 is 4.74 Å². The molecule has 4 N–H and O–H groups in total. The number of para-hydroxylation sites is 1. The maximum absolute atomic E-state index is 6.25. The molecular formula is C15H17N3O. The number of nitrogens with two attached hydrogens (primary N) is 2. The smallest absolute Gasteiger partial charge is 0.123 e. The molecule has 2 heterocycles. The summed E-state index contributed by atoms with van der Waals surface area (Å²) >= 11 is 0. The lowest BCUT2D eigenvalue weighted by Crippen LogP contribution is -2.39. The van der Waals surface area contributed by atoms with Crippen LogP contribution >= 0.6 is 0 Å². The molecular weight excluding hydrogens is 238 g/mol. The van der Waals surface area contributed by atoms with Gasteiger partial charge in [-0.25, -0.2) is 0 Å². The van der Waals surface area contributed by atoms with E-state index in [2.05, 4.69) is 11.1 Å². The molecule has 0 bridgehead atoms. The van der Waals surface area contributed by atoms with Crippen molar-refractivity contribution >= 4 is 5.69 Å². The highest BCUT2D eigenvalue weighted by Gasteiger charge is 2.28. The fourth-order valence-corrected chi connectivity index (χ4v) is 2.44. The molecule has 1 aromatic carbocycles. The molecule has 1 aromatic heterocycles. The normalized spacial score (nSPS) is 18.7. The number of ether oxygens (including phenoxy) is 1. The first-order chi connectivity index (χ1) is 9.24. The van der Waals surface area contributed by atoms with Gasteiger partial charge in [0, 0.05) is 30.5 Å². The maximum atomic E-state index is 6.25. The number of aromatic nitrogens is 1. The van der Waals surface area contributed by atoms with Crippen LogP contribution in [0.2, 0.25) is 0 Å². The molecule has 2 unspecified atom stereocenters. The third-order valence-electron chi connectivity index (χ3n) is 3.55. The summed E-state index contributed by atoms with van der Waals surface area (Å²) in [7, 11) is 0. The van der Waals surface area contributed by atoms with E-state index >= 15 is 0 Å². The number of benzene rings is 1. The van der Waals surface area contributed by atoms with E-state index in [0.717, 1.165) is 23.4 Å². The summed E-state index contributed by atoms with van der Waals surface area (Å²) in [4.78, 5) is 4.09. The summed E-state index contributed by atoms with van der Waals surface area (Å²) in [5, 5.41) is 0. The van der Waals surface area contributed by atoms with Crippen LogP contribution in [0.5, 0.6) is 5.75 Å². The van der Waals surface area contributed by atoms with Gasteiger partial charge in [-0.1, -0.05) is 18.2 Å². The van der Waals surface area contributed by atoms with E-state index in [-0.39, 0.29) is 12.1 Å². The third-order valence-corrected chi connectivity index (χ3v) is 3.55. The summed E-state index contributed by atoms with van der Waals surface area (Å²) < 4.78 is 5.89. The van der Waals surface area contributed by atoms with Gasteiger partial charge in [0.05, 0.1) is 0 Å². The van der Waals surface area contributed by atoms with Crippen molar-refractivity contribution in [2.24, 2.45) is 5.73 Å². The SMILES string of the molecule is Nc1ccncc1CC(N)C1Cc2ccccc2O1. The molecule has 1 aliphatic heterocycles. The molecule has 2 aromatic rings. The summed E-state index contributed by atoms with van der Waals surface area (Å²) in [5.74, 6) is 0.946. The monoisotopic (exact) mass is 255 g/mol. The van der Waals surface area contributed by atoms with Crippen LogP contribution < -0.4 is 16.2 Å². The number of pyridine rings is 1. The number of nitrogens with zero attached hydrogens (tertiary/aromatic N) is 1. The highest BCUT2D eigenvalue weighted by Crippen LogP contribution is 2.30. The van der Waals surface area contributed by atoms with E-state index in [1.165, 1.54) is 5.56 Å². The number of hydrogen-bond acceptors (Lipinski definition) is 4. The highest BCUT2D eigenvalue weighted by atomic mass is 16.5. The molecule has 2 atom stereocenters. The summed E-state index contributed by atoms with van der Waals surface area (Å²) in [6.45, 7) is 0. The van der Waals surface area contributed by atoms with Crippen molar-refractivity contribution in [3.05, 3.63) is 53.9 Å². The molecule has 0 spiro atoms. The summed E-state index contributed by atoms with van der Waals surface area (Å²) in [5.41, 5.74) is 15.1. The van der Waals surface area contributed by atoms with Crippen LogP contribution in [0.1, 0.15) is 11.1 Å². The van der Waals surface area contributed by atoms with E-state index in [0.29, 0.717) is 6.42 Å². The molecule has 0 fully saturated rings. The van der Waals surface area contributed by atoms with Gasteiger partial charge in [0.2, 0.25) is 0 Å². The quantitative estimate of drug-likeness (QED) is 0.872. The standard InChI is InChI=1S/C15H17N3O/c16-12-5-6-18-9-11(12)7-13(17)15-8-10-3-1-2-4-14(10)19-15/h1-6,9,13,15H,7-8,17H2,(H2,16,18). The minimum Gasteiger partial charge on any atom is -0.488 e. The van der Waals surface area contributed by atoms with Crippen LogP contribution in [0.15, 0.2) is 42.7 Å². The first kappa shape index (κ1) is 12.0. The lowest BCUT2D eigenvalue weighted by molar-refractivity contribution is 0.198. The van der Waals surface area contributed by atoms with Crippen molar-refractivity contribution in [1.29, 1.82) is 0 Å². The van der Waals surface area contributed by atoms with Crippen LogP contribution in [0.3, 0.4) is 0 Å². The minimum absolute atomic E-state index is 0.0111. The van der Waals surface area contributed by atoms with E-state index in [4.69, 9.17) is 16.2 Å². The van der Waals surface area contributed by atoms with Crippen molar-refractivity contribution in [2.45, 2.75) is 25.0 Å². The number of fused-ring (bicyclic) bond motifs is 1. The Labute approximate surface area is 112 Å². The first-order valence-corrected chi connectivity index (χ1v) is 6.42. The Morgan fingerprint density at radius 3 is 2.95 bits per heavy atom. The average Bonchev–Trinajstić information content (AvgIpc) is 2.85. The highest BCUT2D eigenvalue weighted by molar-refractivity contribution is 5.45. The number of nitrogen functional groups attached to an aromatic ring is 1. The molecule has 0 amide bonds. The molecule has 0 radical (unpaired) electrons. The summed E-state index contributed by atoms with van der Waals surface area (Å²) in [6, 6.07) is 9.79. The van der Waals surface area contributed by atoms with Crippen molar-refractivity contribution in [3.63, 3.8) is 0 Å². The lowest BCUT2D eigenvalue weighted by Gasteiger charge is -2.19. The topological polar surface area (TPSA) is 74.2 Å². The van der Waals surface area contributed by atoms with Gasteiger partial charge < -0.3 is 16.2 Å². The van der Waals surface area contributed by atoms with Gasteiger partial charge in [-0.2, -0.15) is 0 Å². The zero-order valence-corrected chi connectivity index (χ0v) is 10.6. The minimum atomic E-state index is -0.0844. The average molecular weight is 255 g/mol. The van der Waals surface area contributed by atoms with Crippen molar-refractivity contribution in [1.82, 2.24) is 4.98 Å². The van der Waals surface area contributed by atoms with Gasteiger partial charge in [0.15, 0.2) is 0 Å². The fourth-order valence-electron chi connectivity index (χ4n) is 2.44. The van der Waals surface area contributed by atoms with E-state index in [9.17, 15) is 0 Å². The molecule has 0 saturated heterocycles. The van der Waals surface area contributed by atoms with Gasteiger partial charge in [-0.3, -0.25) is 4.98 Å². The third kappa shape index (κ3) is 2.39. The second kappa shape index (κ2) is 4.90. The molecule has 4 nitrogen and oxygen atoms in total. The Morgan fingerprint density at radius 2 is 2.16 bits per heavy atom. The van der Waals surface area contributed by atoms with Gasteiger partial charge in [-0.05, 0) is 29.7 Å². The second-order valence-corrected chi connectivity index (χ2v) is 4.91. The lowest BCUT2D eigenvalue weighted by atomic mass is 9.99. The largest absolute Gasteiger partial charge is 0.488 e. The van der Waals surface area contributed by atoms with Gasteiger partial charge in [-0.15, -0.1) is 0 Å². The van der Waals surface area contributed by atoms with Gasteiger partial charge in [0.25, 0.3) is 0 Å². The second-order valence-electron chi connectivity index (χ2n) is 4.91. The number of anilines is 1. The Bertz CT molecular complexity index is 560. The maximum Gasteiger partial charge on any atom is 0.123 e. The van der Waals surface area contributed by atoms with Gasteiger partial charge in [0.1, 0.15) is 11.9 Å². The molecule has 4 heteroatoms. The zero-order chi connectivity index (χ0) is 13.2. The van der Waals surface area contributed by atoms with Crippen LogP contribution in [-0.2, 0) is 12.8 Å². The Morgan fingerprint density at radius 1 is 1.32 bits per heavy atom. The predicted octanol–water partition coefficient (Wildman–Crippen LogP) is 1.54.